The fourth-order valence-electron chi connectivity index (χ4n) is 4.31. The molecule has 0 saturated heterocycles. The van der Waals surface area contributed by atoms with E-state index in [-0.39, 0.29) is 41.4 Å². The summed E-state index contributed by atoms with van der Waals surface area (Å²) in [4.78, 5) is 64.0. The minimum absolute atomic E-state index is 0.0120. The van der Waals surface area contributed by atoms with E-state index in [1.165, 1.54) is 0 Å². The van der Waals surface area contributed by atoms with Crippen LogP contribution < -0.4 is 31.9 Å². The van der Waals surface area contributed by atoms with Gasteiger partial charge in [0.2, 0.25) is 35.7 Å². The molecule has 0 aliphatic rings. The van der Waals surface area contributed by atoms with Gasteiger partial charge in [-0.25, -0.2) is 10.1 Å². The molecule has 0 bridgehead atoms. The van der Waals surface area contributed by atoms with Crippen molar-refractivity contribution in [2.45, 2.75) is 18.9 Å². The van der Waals surface area contributed by atoms with E-state index >= 15 is 0 Å². The molecule has 2 heterocycles. The molecule has 2 aromatic heterocycles. The highest BCUT2D eigenvalue weighted by Crippen LogP contribution is 2.24. The quantitative estimate of drug-likeness (QED) is 0.0338. The molecule has 5 rings (SSSR count). The highest BCUT2D eigenvalue weighted by Gasteiger charge is 2.23. The third kappa shape index (κ3) is 11.0. The van der Waals surface area contributed by atoms with Gasteiger partial charge in [0.05, 0.1) is 18.5 Å². The van der Waals surface area contributed by atoms with E-state index in [4.69, 9.17) is 10.4 Å². The lowest BCUT2D eigenvalue weighted by molar-refractivity contribution is -0.187. The number of anilines is 10. The molecule has 0 amide bonds. The van der Waals surface area contributed by atoms with Crippen molar-refractivity contribution in [3.05, 3.63) is 96.9 Å². The Morgan fingerprint density at radius 3 is 1.37 bits per heavy atom. The van der Waals surface area contributed by atoms with Crippen LogP contribution in [0.2, 0.25) is 0 Å². The lowest BCUT2D eigenvalue weighted by Crippen LogP contribution is -2.32. The lowest BCUT2D eigenvalue weighted by atomic mass is 10.2. The molecule has 0 fully saturated rings. The zero-order valence-corrected chi connectivity index (χ0v) is 26.8. The molecule has 0 radical (unpaired) electrons. The van der Waals surface area contributed by atoms with E-state index in [1.54, 1.807) is 60.7 Å². The number of rotatable bonds is 18. The third-order valence-corrected chi connectivity index (χ3v) is 6.52. The Bertz CT molecular complexity index is 2040. The number of aromatic nitrogens is 6. The van der Waals surface area contributed by atoms with Gasteiger partial charge in [0.15, 0.2) is 0 Å². The second-order valence-electron chi connectivity index (χ2n) is 10.5. The molecule has 20 heteroatoms. The Labute approximate surface area is 293 Å². The summed E-state index contributed by atoms with van der Waals surface area (Å²) in [6, 6.07) is 23.2. The number of para-hydroxylation sites is 2. The van der Waals surface area contributed by atoms with Gasteiger partial charge >= 0.3 is 17.9 Å². The average molecular weight is 711 g/mol. The minimum atomic E-state index is -1.51. The molecule has 52 heavy (non-hydrogen) atoms. The lowest BCUT2D eigenvalue weighted by Gasteiger charge is -2.15. The van der Waals surface area contributed by atoms with Gasteiger partial charge in [0.25, 0.3) is 0 Å². The molecule has 0 saturated carbocycles. The van der Waals surface area contributed by atoms with Crippen LogP contribution in [0, 0.1) is 0 Å². The molecule has 10 N–H and O–H groups in total. The molecule has 0 aliphatic heterocycles. The van der Waals surface area contributed by atoms with E-state index in [0.29, 0.717) is 22.7 Å². The van der Waals surface area contributed by atoms with Crippen molar-refractivity contribution in [3.8, 4) is 0 Å². The number of carboxylic acid groups (broad SMARTS) is 3. The summed E-state index contributed by atoms with van der Waals surface area (Å²) in [7, 11) is 0. The van der Waals surface area contributed by atoms with Gasteiger partial charge in [0, 0.05) is 22.7 Å². The van der Waals surface area contributed by atoms with Crippen molar-refractivity contribution in [2.75, 3.05) is 31.9 Å². The molecule has 1 atom stereocenters. The van der Waals surface area contributed by atoms with Crippen LogP contribution in [0.5, 0.6) is 0 Å². The maximum absolute atomic E-state index is 11.7. The van der Waals surface area contributed by atoms with Crippen molar-refractivity contribution < 1.29 is 39.8 Å². The number of aliphatic carboxylic acids is 3. The Balaban J connectivity index is 1.37. The molecule has 20 nitrogen and oxygen atoms in total. The highest BCUT2D eigenvalue weighted by atomic mass is 17.1. The van der Waals surface area contributed by atoms with Crippen molar-refractivity contribution >= 4 is 76.3 Å². The molecular formula is C32H30N12O8. The number of carbonyl (C=O) groups is 3. The van der Waals surface area contributed by atoms with Crippen LogP contribution >= 0.6 is 0 Å². The van der Waals surface area contributed by atoms with Crippen molar-refractivity contribution in [3.63, 3.8) is 0 Å². The largest absolute Gasteiger partial charge is 0.481 e. The second kappa shape index (κ2) is 17.2. The predicted molar refractivity (Wildman–Crippen MR) is 187 cm³/mol. The summed E-state index contributed by atoms with van der Waals surface area (Å²) in [6.45, 7) is 0. The summed E-state index contributed by atoms with van der Waals surface area (Å²) in [5, 5.41) is 54.1. The molecular weight excluding hydrogens is 680 g/mol. The van der Waals surface area contributed by atoms with Gasteiger partial charge in [-0.2, -0.15) is 29.9 Å². The van der Waals surface area contributed by atoms with E-state index in [2.05, 4.69) is 66.7 Å². The van der Waals surface area contributed by atoms with Crippen molar-refractivity contribution in [1.82, 2.24) is 29.9 Å². The van der Waals surface area contributed by atoms with Crippen LogP contribution in [0.1, 0.15) is 12.8 Å². The maximum atomic E-state index is 11.7. The number of benzene rings is 3. The smallest absolute Gasteiger partial charge is 0.326 e. The summed E-state index contributed by atoms with van der Waals surface area (Å²) in [5.41, 5.74) is 2.28. The minimum Gasteiger partial charge on any atom is -0.481 e. The number of carboxylic acids is 3. The van der Waals surface area contributed by atoms with Crippen LogP contribution in [0.4, 0.5) is 58.4 Å². The first-order chi connectivity index (χ1) is 25.1. The maximum Gasteiger partial charge on any atom is 0.326 e. The monoisotopic (exact) mass is 710 g/mol. The fourth-order valence-corrected chi connectivity index (χ4v) is 4.31. The summed E-state index contributed by atoms with van der Waals surface area (Å²) < 4.78 is 0. The molecule has 5 aromatic rings. The van der Waals surface area contributed by atoms with Crippen LogP contribution in [0.15, 0.2) is 96.9 Å². The van der Waals surface area contributed by atoms with Crippen LogP contribution in [0.3, 0.4) is 0 Å². The summed E-state index contributed by atoms with van der Waals surface area (Å²) in [6.07, 6.45) is -0.455. The highest BCUT2D eigenvalue weighted by molar-refractivity contribution is 5.83. The average Bonchev–Trinajstić information content (AvgIpc) is 3.09. The van der Waals surface area contributed by atoms with Crippen LogP contribution in [-0.2, 0) is 19.3 Å². The number of nitrogens with one attached hydrogen (secondary N) is 6. The summed E-state index contributed by atoms with van der Waals surface area (Å²) in [5.74, 6) is -3.94. The van der Waals surface area contributed by atoms with Gasteiger partial charge in [0.1, 0.15) is 12.3 Å². The SMILES string of the molecule is O=C(O)C/C(=C\OO)Nc1nc(Nc2ccccc2)nc(Nc2ccc(Nc3nc(Nc4ccccc4)nc(NC(CC(=O)O)C(=O)O)n3)cc2)n1. The van der Waals surface area contributed by atoms with Gasteiger partial charge < -0.3 is 52.1 Å². The number of hydrogen-bond acceptors (Lipinski definition) is 17. The van der Waals surface area contributed by atoms with Gasteiger partial charge in [-0.1, -0.05) is 36.4 Å². The van der Waals surface area contributed by atoms with E-state index in [1.807, 2.05) is 24.3 Å². The second-order valence-corrected chi connectivity index (χ2v) is 10.5. The first-order valence-corrected chi connectivity index (χ1v) is 15.1. The van der Waals surface area contributed by atoms with E-state index < -0.39 is 36.8 Å². The number of hydrogen-bond donors (Lipinski definition) is 10. The molecule has 3 aromatic carbocycles. The first kappa shape index (κ1) is 35.7. The Hall–Kier alpha value is -7.61. The molecule has 0 aliphatic carbocycles. The normalized spacial score (nSPS) is 11.4. The van der Waals surface area contributed by atoms with Gasteiger partial charge in [-0.3, -0.25) is 9.59 Å². The van der Waals surface area contributed by atoms with Gasteiger partial charge in [-0.15, -0.1) is 0 Å². The van der Waals surface area contributed by atoms with Crippen molar-refractivity contribution in [1.29, 1.82) is 0 Å². The molecule has 1 unspecified atom stereocenters. The Morgan fingerprint density at radius 1 is 0.577 bits per heavy atom. The van der Waals surface area contributed by atoms with E-state index in [0.717, 1.165) is 6.26 Å². The third-order valence-electron chi connectivity index (χ3n) is 6.52. The zero-order chi connectivity index (χ0) is 36.9. The molecule has 266 valence electrons. The Kier molecular flexibility index (Phi) is 11.8. The van der Waals surface area contributed by atoms with Crippen LogP contribution in [-0.4, -0.2) is 74.4 Å². The van der Waals surface area contributed by atoms with E-state index in [9.17, 15) is 24.6 Å². The molecule has 0 spiro atoms. The fraction of sp³-hybridized carbons (Fsp3) is 0.0938. The topological polar surface area (TPSA) is 291 Å². The summed E-state index contributed by atoms with van der Waals surface area (Å²) >= 11 is 0. The van der Waals surface area contributed by atoms with Crippen molar-refractivity contribution in [2.24, 2.45) is 0 Å². The standard InChI is InChI=1S/C32H30N12O8/c45-24(46)15-22(17-52-51)37-31-41-27(33-18-7-3-1-4-8-18)39-29(42-31)35-20-11-13-21(14-12-20)36-30-40-28(34-19-9-5-2-6-10-19)43-32(44-30)38-23(26(49)50)16-25(47)48/h1-14,17,23,51H,15-16H2,(H,45,46)(H,47,48)(H,49,50)(H3,33,35,37,39,41,42)(H3,34,36,38,40,43,44)/b22-17+. The van der Waals surface area contributed by atoms with Crippen LogP contribution in [0.25, 0.3) is 0 Å². The number of nitrogens with zero attached hydrogens (tertiary/aromatic N) is 6. The Morgan fingerprint density at radius 2 is 0.981 bits per heavy atom. The predicted octanol–water partition coefficient (Wildman–Crippen LogP) is 4.59. The zero-order valence-electron chi connectivity index (χ0n) is 26.8. The van der Waals surface area contributed by atoms with Gasteiger partial charge in [-0.05, 0) is 48.5 Å². The first-order valence-electron chi connectivity index (χ1n) is 15.1.